The summed E-state index contributed by atoms with van der Waals surface area (Å²) in [4.78, 5) is 13.4. The highest BCUT2D eigenvalue weighted by Crippen LogP contribution is 2.15. The van der Waals surface area contributed by atoms with Crippen LogP contribution in [0.15, 0.2) is 12.1 Å². The summed E-state index contributed by atoms with van der Waals surface area (Å²) in [6.07, 6.45) is 0.944. The first-order valence-electron chi connectivity index (χ1n) is 6.02. The largest absolute Gasteiger partial charge is 0.354 e. The molecule has 1 aliphatic rings. The maximum atomic E-state index is 11.4. The first kappa shape index (κ1) is 11.8. The van der Waals surface area contributed by atoms with Crippen molar-refractivity contribution in [1.82, 2.24) is 15.5 Å². The molecule has 1 saturated heterocycles. The fourth-order valence-corrected chi connectivity index (χ4v) is 1.81. The number of carbonyl (C=O) groups excluding carboxylic acids is 1. The number of amides is 1. The average Bonchev–Trinajstić information content (AvgIpc) is 2.54. The van der Waals surface area contributed by atoms with Crippen LogP contribution < -0.4 is 10.2 Å². The molecule has 1 aromatic rings. The van der Waals surface area contributed by atoms with Crippen molar-refractivity contribution in [3.8, 4) is 0 Å². The zero-order chi connectivity index (χ0) is 12.3. The molecule has 0 saturated carbocycles. The number of aromatic nitrogens is 2. The Kier molecular flexibility index (Phi) is 3.56. The van der Waals surface area contributed by atoms with Crippen LogP contribution in [0.25, 0.3) is 0 Å². The lowest BCUT2D eigenvalue weighted by Crippen LogP contribution is -2.33. The molecule has 17 heavy (non-hydrogen) atoms. The van der Waals surface area contributed by atoms with Gasteiger partial charge in [-0.15, -0.1) is 5.10 Å². The van der Waals surface area contributed by atoms with Crippen LogP contribution in [-0.2, 0) is 4.79 Å². The maximum Gasteiger partial charge on any atom is 0.239 e. The molecule has 2 heterocycles. The number of nitrogens with zero attached hydrogens (tertiary/aromatic N) is 3. The van der Waals surface area contributed by atoms with E-state index in [0.717, 1.165) is 31.0 Å². The third-order valence-electron chi connectivity index (χ3n) is 2.85. The molecule has 1 amide bonds. The van der Waals surface area contributed by atoms with Gasteiger partial charge in [-0.2, -0.15) is 5.10 Å². The van der Waals surface area contributed by atoms with Gasteiger partial charge in [-0.25, -0.2) is 0 Å². The van der Waals surface area contributed by atoms with E-state index in [-0.39, 0.29) is 5.91 Å². The van der Waals surface area contributed by atoms with Crippen LogP contribution in [0.3, 0.4) is 0 Å². The number of hydrogen-bond acceptors (Lipinski definition) is 4. The monoisotopic (exact) mass is 234 g/mol. The molecule has 1 N–H and O–H groups in total. The number of nitrogens with one attached hydrogen (secondary N) is 1. The quantitative estimate of drug-likeness (QED) is 0.827. The van der Waals surface area contributed by atoms with E-state index in [9.17, 15) is 4.79 Å². The molecule has 1 aliphatic heterocycles. The van der Waals surface area contributed by atoms with E-state index in [1.165, 1.54) is 0 Å². The van der Waals surface area contributed by atoms with E-state index in [1.54, 1.807) is 0 Å². The Bertz CT molecular complexity index is 388. The highest BCUT2D eigenvalue weighted by atomic mass is 16.2. The second-order valence-electron chi connectivity index (χ2n) is 4.60. The third-order valence-corrected chi connectivity index (χ3v) is 2.85. The summed E-state index contributed by atoms with van der Waals surface area (Å²) in [6.45, 7) is 6.13. The number of hydrogen-bond donors (Lipinski definition) is 1. The smallest absolute Gasteiger partial charge is 0.239 e. The van der Waals surface area contributed by atoms with Gasteiger partial charge in [0.25, 0.3) is 0 Å². The van der Waals surface area contributed by atoms with Crippen molar-refractivity contribution in [1.29, 1.82) is 0 Å². The minimum absolute atomic E-state index is 0.0530. The van der Waals surface area contributed by atoms with Crippen molar-refractivity contribution < 1.29 is 4.79 Å². The summed E-state index contributed by atoms with van der Waals surface area (Å²) in [7, 11) is 0. The normalized spacial score (nSPS) is 16.9. The Morgan fingerprint density at radius 3 is 2.82 bits per heavy atom. The van der Waals surface area contributed by atoms with E-state index in [1.807, 2.05) is 17.0 Å². The fraction of sp³-hybridized carbons (Fsp3) is 0.583. The second kappa shape index (κ2) is 5.12. The second-order valence-corrected chi connectivity index (χ2v) is 4.60. The highest BCUT2D eigenvalue weighted by molar-refractivity contribution is 5.81. The van der Waals surface area contributed by atoms with Crippen LogP contribution in [-0.4, -0.2) is 35.7 Å². The van der Waals surface area contributed by atoms with Crippen molar-refractivity contribution in [2.45, 2.75) is 26.2 Å². The van der Waals surface area contributed by atoms with Gasteiger partial charge in [0.1, 0.15) is 0 Å². The van der Waals surface area contributed by atoms with Crippen molar-refractivity contribution in [2.75, 3.05) is 24.5 Å². The average molecular weight is 234 g/mol. The van der Waals surface area contributed by atoms with E-state index in [0.29, 0.717) is 12.5 Å². The number of anilines is 1. The molecule has 1 fully saturated rings. The highest BCUT2D eigenvalue weighted by Gasteiger charge is 2.16. The molecule has 92 valence electrons. The van der Waals surface area contributed by atoms with Crippen molar-refractivity contribution >= 4 is 11.7 Å². The summed E-state index contributed by atoms with van der Waals surface area (Å²) < 4.78 is 0. The summed E-state index contributed by atoms with van der Waals surface area (Å²) in [5, 5.41) is 11.2. The number of carbonyl (C=O) groups is 1. The maximum absolute atomic E-state index is 11.4. The summed E-state index contributed by atoms with van der Waals surface area (Å²) >= 11 is 0. The lowest BCUT2D eigenvalue weighted by molar-refractivity contribution is -0.119. The Morgan fingerprint density at radius 2 is 2.18 bits per heavy atom. The topological polar surface area (TPSA) is 58.1 Å². The first-order chi connectivity index (χ1) is 8.16. The molecule has 0 unspecified atom stereocenters. The summed E-state index contributed by atoms with van der Waals surface area (Å²) in [5.74, 6) is 1.22. The fourth-order valence-electron chi connectivity index (χ4n) is 1.81. The third kappa shape index (κ3) is 2.93. The molecule has 5 nitrogen and oxygen atoms in total. The Balaban J connectivity index is 2.12. The van der Waals surface area contributed by atoms with Gasteiger partial charge in [-0.1, -0.05) is 13.8 Å². The molecule has 0 spiro atoms. The molecule has 5 heteroatoms. The van der Waals surface area contributed by atoms with Crippen molar-refractivity contribution in [3.05, 3.63) is 17.8 Å². The van der Waals surface area contributed by atoms with Gasteiger partial charge in [0, 0.05) is 13.1 Å². The van der Waals surface area contributed by atoms with E-state index in [2.05, 4.69) is 29.4 Å². The van der Waals surface area contributed by atoms with Crippen LogP contribution >= 0.6 is 0 Å². The zero-order valence-electron chi connectivity index (χ0n) is 10.3. The van der Waals surface area contributed by atoms with E-state index < -0.39 is 0 Å². The minimum atomic E-state index is 0.0530. The van der Waals surface area contributed by atoms with Crippen LogP contribution in [0.1, 0.15) is 31.9 Å². The van der Waals surface area contributed by atoms with Crippen molar-refractivity contribution in [2.24, 2.45) is 0 Å². The molecule has 0 atom stereocenters. The zero-order valence-corrected chi connectivity index (χ0v) is 10.3. The molecular weight excluding hydrogens is 216 g/mol. The van der Waals surface area contributed by atoms with Gasteiger partial charge in [0.2, 0.25) is 5.91 Å². The van der Waals surface area contributed by atoms with Gasteiger partial charge in [0.15, 0.2) is 5.82 Å². The standard InChI is InChI=1S/C12H18N4O/c1-9(2)10-4-5-11(15-14-10)16-7-3-6-13-12(17)8-16/h4-5,9H,3,6-8H2,1-2H3,(H,13,17). The molecule has 0 aromatic carbocycles. The SMILES string of the molecule is CC(C)c1ccc(N2CCCNC(=O)C2)nn1. The molecule has 0 bridgehead atoms. The van der Waals surface area contributed by atoms with Crippen LogP contribution in [0.5, 0.6) is 0 Å². The minimum Gasteiger partial charge on any atom is -0.354 e. The first-order valence-corrected chi connectivity index (χ1v) is 6.02. The molecular formula is C12H18N4O. The predicted molar refractivity (Wildman–Crippen MR) is 66.0 cm³/mol. The van der Waals surface area contributed by atoms with Gasteiger partial charge in [-0.3, -0.25) is 4.79 Å². The van der Waals surface area contributed by atoms with Gasteiger partial charge in [-0.05, 0) is 24.5 Å². The lowest BCUT2D eigenvalue weighted by Gasteiger charge is -2.19. The Labute approximate surface area is 101 Å². The Morgan fingerprint density at radius 1 is 1.35 bits per heavy atom. The molecule has 2 rings (SSSR count). The molecule has 1 aromatic heterocycles. The summed E-state index contributed by atoms with van der Waals surface area (Å²) in [5.41, 5.74) is 0.980. The van der Waals surface area contributed by atoms with Crippen LogP contribution in [0.2, 0.25) is 0 Å². The lowest BCUT2D eigenvalue weighted by atomic mass is 10.1. The van der Waals surface area contributed by atoms with Crippen LogP contribution in [0, 0.1) is 0 Å². The van der Waals surface area contributed by atoms with Crippen molar-refractivity contribution in [3.63, 3.8) is 0 Å². The van der Waals surface area contributed by atoms with E-state index in [4.69, 9.17) is 0 Å². The van der Waals surface area contributed by atoms with Gasteiger partial charge < -0.3 is 10.2 Å². The number of rotatable bonds is 2. The molecule has 0 radical (unpaired) electrons. The van der Waals surface area contributed by atoms with E-state index >= 15 is 0 Å². The van der Waals surface area contributed by atoms with Gasteiger partial charge in [0.05, 0.1) is 12.2 Å². The van der Waals surface area contributed by atoms with Crippen LogP contribution in [0.4, 0.5) is 5.82 Å². The Hall–Kier alpha value is -1.65. The molecule has 0 aliphatic carbocycles. The predicted octanol–water partition coefficient (Wildman–Crippen LogP) is 0.926. The summed E-state index contributed by atoms with van der Waals surface area (Å²) in [6, 6.07) is 3.93. The van der Waals surface area contributed by atoms with Gasteiger partial charge >= 0.3 is 0 Å².